The molecule has 0 amide bonds. The second-order valence-corrected chi connectivity index (χ2v) is 9.49. The van der Waals surface area contributed by atoms with Gasteiger partial charge in [0, 0.05) is 32.7 Å². The van der Waals surface area contributed by atoms with Gasteiger partial charge in [0.15, 0.2) is 17.9 Å². The quantitative estimate of drug-likeness (QED) is 0.644. The van der Waals surface area contributed by atoms with Crippen LogP contribution in [0.25, 0.3) is 0 Å². The Kier molecular flexibility index (Phi) is 6.25. The van der Waals surface area contributed by atoms with Gasteiger partial charge in [-0.3, -0.25) is 4.90 Å². The Labute approximate surface area is 173 Å². The highest BCUT2D eigenvalue weighted by atomic mass is 16.8. The molecular formula is C20H36N2O7. The highest BCUT2D eigenvalue weighted by Crippen LogP contribution is 2.41. The van der Waals surface area contributed by atoms with Crippen molar-refractivity contribution in [3.05, 3.63) is 0 Å². The summed E-state index contributed by atoms with van der Waals surface area (Å²) < 4.78 is 36.0. The first-order valence-electron chi connectivity index (χ1n) is 10.7. The molecule has 0 bridgehead atoms. The van der Waals surface area contributed by atoms with Crippen LogP contribution in [0, 0.1) is 0 Å². The molecular weight excluding hydrogens is 380 g/mol. The van der Waals surface area contributed by atoms with Gasteiger partial charge < -0.3 is 38.4 Å². The number of aliphatic hydroxyl groups excluding tert-OH is 1. The van der Waals surface area contributed by atoms with E-state index < -0.39 is 30.1 Å². The number of piperazine rings is 1. The van der Waals surface area contributed by atoms with E-state index in [1.807, 2.05) is 27.7 Å². The predicted molar refractivity (Wildman–Crippen MR) is 103 cm³/mol. The van der Waals surface area contributed by atoms with Crippen molar-refractivity contribution in [1.82, 2.24) is 9.80 Å². The van der Waals surface area contributed by atoms with E-state index >= 15 is 0 Å². The maximum absolute atomic E-state index is 10.6. The minimum Gasteiger partial charge on any atom is -0.389 e. The summed E-state index contributed by atoms with van der Waals surface area (Å²) in [5.41, 5.74) is 0. The Morgan fingerprint density at radius 1 is 1.00 bits per heavy atom. The van der Waals surface area contributed by atoms with Crippen LogP contribution in [0.1, 0.15) is 27.7 Å². The first-order valence-corrected chi connectivity index (χ1v) is 10.7. The third-order valence-corrected chi connectivity index (χ3v) is 5.97. The van der Waals surface area contributed by atoms with E-state index in [0.29, 0.717) is 13.2 Å². The number of fused-ring (bicyclic) bond motifs is 1. The third kappa shape index (κ3) is 5.11. The number of hydrogen-bond donors (Lipinski definition) is 1. The molecule has 4 rings (SSSR count). The Morgan fingerprint density at radius 2 is 1.72 bits per heavy atom. The van der Waals surface area contributed by atoms with Gasteiger partial charge in [-0.25, -0.2) is 0 Å². The summed E-state index contributed by atoms with van der Waals surface area (Å²) in [6, 6.07) is 0. The van der Waals surface area contributed by atoms with E-state index in [9.17, 15) is 5.11 Å². The van der Waals surface area contributed by atoms with Gasteiger partial charge in [-0.1, -0.05) is 0 Å². The molecule has 0 radical (unpaired) electrons. The van der Waals surface area contributed by atoms with E-state index in [0.717, 1.165) is 26.2 Å². The van der Waals surface area contributed by atoms with Gasteiger partial charge >= 0.3 is 0 Å². The van der Waals surface area contributed by atoms with Crippen LogP contribution >= 0.6 is 0 Å². The molecule has 4 saturated heterocycles. The van der Waals surface area contributed by atoms with Crippen molar-refractivity contribution < 1.29 is 33.5 Å². The van der Waals surface area contributed by atoms with Gasteiger partial charge in [0.2, 0.25) is 0 Å². The number of likely N-dealkylation sites (N-methyl/N-ethyl adjacent to an activating group) is 1. The Hall–Kier alpha value is -0.360. The number of ether oxygens (including phenoxy) is 6. The average molecular weight is 417 g/mol. The fraction of sp³-hybridized carbons (Fsp3) is 1.00. The average Bonchev–Trinajstić information content (AvgIpc) is 3.24. The molecule has 1 N–H and O–H groups in total. The van der Waals surface area contributed by atoms with Crippen molar-refractivity contribution >= 4 is 0 Å². The monoisotopic (exact) mass is 416 g/mol. The largest absolute Gasteiger partial charge is 0.389 e. The fourth-order valence-corrected chi connectivity index (χ4v) is 4.47. The lowest BCUT2D eigenvalue weighted by atomic mass is 10.1. The highest BCUT2D eigenvalue weighted by molar-refractivity contribution is 4.99. The van der Waals surface area contributed by atoms with E-state index in [2.05, 4.69) is 16.8 Å². The minimum absolute atomic E-state index is 0.209. The third-order valence-electron chi connectivity index (χ3n) is 5.97. The van der Waals surface area contributed by atoms with Crippen molar-refractivity contribution in [1.29, 1.82) is 0 Å². The maximum atomic E-state index is 10.6. The summed E-state index contributed by atoms with van der Waals surface area (Å²) in [5.74, 6) is -1.38. The first kappa shape index (κ1) is 21.9. The Morgan fingerprint density at radius 3 is 2.38 bits per heavy atom. The van der Waals surface area contributed by atoms with Crippen molar-refractivity contribution in [2.45, 2.75) is 76.1 Å². The minimum atomic E-state index is -0.730. The van der Waals surface area contributed by atoms with E-state index in [4.69, 9.17) is 28.4 Å². The molecule has 9 nitrogen and oxygen atoms in total. The van der Waals surface area contributed by atoms with Crippen LogP contribution in [0.15, 0.2) is 0 Å². The van der Waals surface area contributed by atoms with Crippen LogP contribution < -0.4 is 0 Å². The molecule has 0 spiro atoms. The van der Waals surface area contributed by atoms with Crippen LogP contribution in [-0.2, 0) is 28.4 Å². The normalized spacial score (nSPS) is 41.0. The second kappa shape index (κ2) is 8.29. The highest BCUT2D eigenvalue weighted by Gasteiger charge is 2.59. The molecule has 0 aromatic heterocycles. The number of rotatable bonds is 6. The standard InChI is InChI=1S/C20H36N2O7/c1-19(2)25-12-14(27-19)15-16(17-18(26-15)29-20(3,4)28-17)24-11-13(23)10-22-8-6-21(5)7-9-22/h13-18,23H,6-12H2,1-5H3/t13?,14-,15-,16+,17-,18-/m1/s1. The molecule has 4 heterocycles. The van der Waals surface area contributed by atoms with Crippen molar-refractivity contribution in [2.24, 2.45) is 0 Å². The summed E-state index contributed by atoms with van der Waals surface area (Å²) in [7, 11) is 2.12. The lowest BCUT2D eigenvalue weighted by Crippen LogP contribution is -2.49. The Balaban J connectivity index is 1.35. The molecule has 29 heavy (non-hydrogen) atoms. The number of β-amino-alcohol motifs (C(OH)–C–C–N with tert-alkyl or cyclic N) is 1. The van der Waals surface area contributed by atoms with Crippen molar-refractivity contribution in [3.8, 4) is 0 Å². The van der Waals surface area contributed by atoms with E-state index in [-0.39, 0.29) is 24.9 Å². The molecule has 4 aliphatic heterocycles. The summed E-state index contributed by atoms with van der Waals surface area (Å²) in [6.45, 7) is 12.7. The Bertz CT molecular complexity index is 567. The zero-order valence-electron chi connectivity index (χ0n) is 18.2. The van der Waals surface area contributed by atoms with E-state index in [1.54, 1.807) is 0 Å². The molecule has 0 aliphatic carbocycles. The lowest BCUT2D eigenvalue weighted by Gasteiger charge is -2.34. The van der Waals surface area contributed by atoms with Crippen LogP contribution in [0.4, 0.5) is 0 Å². The zero-order chi connectivity index (χ0) is 20.8. The molecule has 1 unspecified atom stereocenters. The second-order valence-electron chi connectivity index (χ2n) is 9.49. The lowest BCUT2D eigenvalue weighted by molar-refractivity contribution is -0.237. The molecule has 0 aromatic rings. The van der Waals surface area contributed by atoms with Crippen molar-refractivity contribution in [2.75, 3.05) is 53.0 Å². The number of nitrogens with zero attached hydrogens (tertiary/aromatic N) is 2. The zero-order valence-corrected chi connectivity index (χ0v) is 18.2. The van der Waals surface area contributed by atoms with Gasteiger partial charge in [0.05, 0.1) is 19.3 Å². The van der Waals surface area contributed by atoms with Gasteiger partial charge in [0.1, 0.15) is 24.4 Å². The molecule has 0 saturated carbocycles. The van der Waals surface area contributed by atoms with Gasteiger partial charge in [-0.15, -0.1) is 0 Å². The summed E-state index contributed by atoms with van der Waals surface area (Å²) in [6.07, 6.45) is -2.50. The topological polar surface area (TPSA) is 82.1 Å². The van der Waals surface area contributed by atoms with Crippen LogP contribution in [-0.4, -0.2) is 116 Å². The van der Waals surface area contributed by atoms with Gasteiger partial charge in [0.25, 0.3) is 0 Å². The summed E-state index contributed by atoms with van der Waals surface area (Å²) in [5, 5.41) is 10.6. The fourth-order valence-electron chi connectivity index (χ4n) is 4.47. The molecule has 4 fully saturated rings. The van der Waals surface area contributed by atoms with Crippen molar-refractivity contribution in [3.63, 3.8) is 0 Å². The van der Waals surface area contributed by atoms with E-state index in [1.165, 1.54) is 0 Å². The number of hydrogen-bond acceptors (Lipinski definition) is 9. The number of aliphatic hydroxyl groups is 1. The van der Waals surface area contributed by atoms with Gasteiger partial charge in [-0.05, 0) is 34.7 Å². The van der Waals surface area contributed by atoms with Gasteiger partial charge in [-0.2, -0.15) is 0 Å². The van der Waals surface area contributed by atoms with Crippen LogP contribution in [0.2, 0.25) is 0 Å². The van der Waals surface area contributed by atoms with Crippen LogP contribution in [0.3, 0.4) is 0 Å². The summed E-state index contributed by atoms with van der Waals surface area (Å²) in [4.78, 5) is 4.57. The molecule has 6 atom stereocenters. The molecule has 0 aromatic carbocycles. The first-order chi connectivity index (χ1) is 13.6. The summed E-state index contributed by atoms with van der Waals surface area (Å²) >= 11 is 0. The predicted octanol–water partition coefficient (Wildman–Crippen LogP) is 0.00780. The smallest absolute Gasteiger partial charge is 0.190 e. The SMILES string of the molecule is CN1CCN(CC(O)CO[C@@H]2[C@H]3OC(C)(C)O[C@H]3O[C@@H]2[C@H]2COC(C)(C)O2)CC1. The molecule has 168 valence electrons. The van der Waals surface area contributed by atoms with Crippen LogP contribution in [0.5, 0.6) is 0 Å². The maximum Gasteiger partial charge on any atom is 0.190 e. The molecule has 9 heteroatoms. The molecule has 4 aliphatic rings.